The minimum atomic E-state index is -0.286. The molecule has 7 heteroatoms. The van der Waals surface area contributed by atoms with Crippen LogP contribution in [0.15, 0.2) is 24.3 Å². The largest absolute Gasteiger partial charge is 0.447 e. The Morgan fingerprint density at radius 1 is 1.31 bits per heavy atom. The number of carbonyl (C=O) groups excluding carboxylic acids is 2. The van der Waals surface area contributed by atoms with Gasteiger partial charge in [0, 0.05) is 31.6 Å². The lowest BCUT2D eigenvalue weighted by Gasteiger charge is -2.36. The van der Waals surface area contributed by atoms with Crippen LogP contribution in [0.3, 0.4) is 0 Å². The van der Waals surface area contributed by atoms with Crippen molar-refractivity contribution in [3.05, 3.63) is 35.6 Å². The molecule has 1 aromatic carbocycles. The Morgan fingerprint density at radius 3 is 2.88 bits per heavy atom. The number of fused-ring (bicyclic) bond motifs is 1. The number of rotatable bonds is 3. The summed E-state index contributed by atoms with van der Waals surface area (Å²) in [5.74, 6) is -0.234. The van der Waals surface area contributed by atoms with Crippen LogP contribution in [-0.4, -0.2) is 60.8 Å². The quantitative estimate of drug-likeness (QED) is 0.900. The average Bonchev–Trinajstić information content (AvgIpc) is 3.27. The van der Waals surface area contributed by atoms with Gasteiger partial charge in [0.25, 0.3) is 0 Å². The van der Waals surface area contributed by atoms with Crippen LogP contribution in [0.1, 0.15) is 31.2 Å². The van der Waals surface area contributed by atoms with Gasteiger partial charge in [0.2, 0.25) is 0 Å². The highest BCUT2D eigenvalue weighted by Crippen LogP contribution is 2.40. The van der Waals surface area contributed by atoms with Crippen molar-refractivity contribution in [2.45, 2.75) is 37.1 Å². The third-order valence-corrected chi connectivity index (χ3v) is 5.98. The molecule has 140 valence electrons. The van der Waals surface area contributed by atoms with E-state index >= 15 is 0 Å². The molecule has 6 nitrogen and oxygen atoms in total. The van der Waals surface area contributed by atoms with E-state index in [1.165, 1.54) is 6.07 Å². The molecule has 0 aromatic heterocycles. The standard InChI is InChI=1S/C19H24FN3O3/c20-15-5-3-4-14(10-15)19(6-1-2-7-19)13-21-17(24)22-8-9-23-16(11-22)12-26-18(23)25/h3-5,10,16H,1-2,6-9,11-13H2,(H,21,24). The maximum Gasteiger partial charge on any atom is 0.410 e. The number of nitrogens with zero attached hydrogens (tertiary/aromatic N) is 2. The molecule has 1 unspecified atom stereocenters. The molecule has 1 aliphatic carbocycles. The molecule has 3 fully saturated rings. The first-order valence-electron chi connectivity index (χ1n) is 9.30. The molecule has 2 heterocycles. The van der Waals surface area contributed by atoms with Gasteiger partial charge in [-0.3, -0.25) is 4.90 Å². The Hall–Kier alpha value is -2.31. The number of hydrogen-bond donors (Lipinski definition) is 1. The van der Waals surface area contributed by atoms with Crippen LogP contribution in [0.2, 0.25) is 0 Å². The first-order valence-corrected chi connectivity index (χ1v) is 9.30. The first-order chi connectivity index (χ1) is 12.6. The molecule has 26 heavy (non-hydrogen) atoms. The average molecular weight is 361 g/mol. The zero-order chi connectivity index (χ0) is 18.1. The predicted molar refractivity (Wildman–Crippen MR) is 93.4 cm³/mol. The number of halogens is 1. The molecule has 0 bridgehead atoms. The molecule has 1 N–H and O–H groups in total. The highest BCUT2D eigenvalue weighted by molar-refractivity contribution is 5.76. The van der Waals surface area contributed by atoms with Crippen LogP contribution in [0.4, 0.5) is 14.0 Å². The maximum atomic E-state index is 13.7. The highest BCUT2D eigenvalue weighted by Gasteiger charge is 2.40. The van der Waals surface area contributed by atoms with E-state index in [1.807, 2.05) is 6.07 Å². The fourth-order valence-corrected chi connectivity index (χ4v) is 4.47. The van der Waals surface area contributed by atoms with E-state index in [-0.39, 0.29) is 29.4 Å². The van der Waals surface area contributed by atoms with Crippen LogP contribution in [0, 0.1) is 5.82 Å². The molecule has 1 aromatic rings. The molecular formula is C19H24FN3O3. The summed E-state index contributed by atoms with van der Waals surface area (Å²) >= 11 is 0. The summed E-state index contributed by atoms with van der Waals surface area (Å²) in [6, 6.07) is 6.58. The summed E-state index contributed by atoms with van der Waals surface area (Å²) in [7, 11) is 0. The number of piperazine rings is 1. The fraction of sp³-hybridized carbons (Fsp3) is 0.579. The Morgan fingerprint density at radius 2 is 2.12 bits per heavy atom. The zero-order valence-electron chi connectivity index (χ0n) is 14.7. The van der Waals surface area contributed by atoms with E-state index in [9.17, 15) is 14.0 Å². The molecule has 3 aliphatic rings. The van der Waals surface area contributed by atoms with Crippen molar-refractivity contribution in [3.63, 3.8) is 0 Å². The molecule has 0 spiro atoms. The van der Waals surface area contributed by atoms with Crippen LogP contribution in [-0.2, 0) is 10.2 Å². The lowest BCUT2D eigenvalue weighted by atomic mass is 9.79. The van der Waals surface area contributed by atoms with Gasteiger partial charge >= 0.3 is 12.1 Å². The number of benzene rings is 1. The summed E-state index contributed by atoms with van der Waals surface area (Å²) in [5, 5.41) is 3.06. The Balaban J connectivity index is 1.40. The first kappa shape index (κ1) is 17.1. The van der Waals surface area contributed by atoms with Gasteiger partial charge in [0.15, 0.2) is 0 Å². The second-order valence-corrected chi connectivity index (χ2v) is 7.53. The third-order valence-electron chi connectivity index (χ3n) is 5.98. The zero-order valence-corrected chi connectivity index (χ0v) is 14.7. The summed E-state index contributed by atoms with van der Waals surface area (Å²) in [5.41, 5.74) is 0.779. The van der Waals surface area contributed by atoms with E-state index in [1.54, 1.807) is 21.9 Å². The summed E-state index contributed by atoms with van der Waals surface area (Å²) in [6.45, 7) is 2.35. The van der Waals surface area contributed by atoms with Crippen LogP contribution in [0.5, 0.6) is 0 Å². The summed E-state index contributed by atoms with van der Waals surface area (Å²) < 4.78 is 18.7. The van der Waals surface area contributed by atoms with E-state index < -0.39 is 0 Å². The van der Waals surface area contributed by atoms with Gasteiger partial charge in [-0.1, -0.05) is 25.0 Å². The van der Waals surface area contributed by atoms with Crippen molar-refractivity contribution in [2.75, 3.05) is 32.8 Å². The van der Waals surface area contributed by atoms with E-state index in [0.29, 0.717) is 32.8 Å². The van der Waals surface area contributed by atoms with Crippen molar-refractivity contribution < 1.29 is 18.7 Å². The van der Waals surface area contributed by atoms with Gasteiger partial charge in [-0.25, -0.2) is 14.0 Å². The Labute approximate surface area is 152 Å². The fourth-order valence-electron chi connectivity index (χ4n) is 4.47. The van der Waals surface area contributed by atoms with Gasteiger partial charge < -0.3 is 15.0 Å². The smallest absolute Gasteiger partial charge is 0.410 e. The number of ether oxygens (including phenoxy) is 1. The van der Waals surface area contributed by atoms with Crippen molar-refractivity contribution in [2.24, 2.45) is 0 Å². The van der Waals surface area contributed by atoms with Crippen LogP contribution >= 0.6 is 0 Å². The normalized spacial score (nSPS) is 24.3. The maximum absolute atomic E-state index is 13.7. The lowest BCUT2D eigenvalue weighted by Crippen LogP contribution is -2.56. The second kappa shape index (κ2) is 6.78. The van der Waals surface area contributed by atoms with E-state index in [2.05, 4.69) is 5.32 Å². The molecule has 4 rings (SSSR count). The predicted octanol–water partition coefficient (Wildman–Crippen LogP) is 2.48. The number of urea groups is 1. The molecule has 2 saturated heterocycles. The summed E-state index contributed by atoms with van der Waals surface area (Å²) in [6.07, 6.45) is 3.80. The molecule has 3 amide bonds. The number of cyclic esters (lactones) is 1. The monoisotopic (exact) mass is 361 g/mol. The van der Waals surface area contributed by atoms with Gasteiger partial charge in [0.1, 0.15) is 12.4 Å². The van der Waals surface area contributed by atoms with E-state index in [0.717, 1.165) is 31.2 Å². The SMILES string of the molecule is O=C(NCC1(c2cccc(F)c2)CCCC1)N1CCN2C(=O)OCC2C1. The molecule has 0 radical (unpaired) electrons. The van der Waals surface area contributed by atoms with Gasteiger partial charge in [0.05, 0.1) is 6.04 Å². The van der Waals surface area contributed by atoms with Crippen LogP contribution in [0.25, 0.3) is 0 Å². The number of carbonyl (C=O) groups is 2. The highest BCUT2D eigenvalue weighted by atomic mass is 19.1. The topological polar surface area (TPSA) is 61.9 Å². The number of nitrogens with one attached hydrogen (secondary N) is 1. The lowest BCUT2D eigenvalue weighted by molar-refractivity contribution is 0.126. The van der Waals surface area contributed by atoms with Crippen molar-refractivity contribution in [1.82, 2.24) is 15.1 Å². The Kier molecular flexibility index (Phi) is 4.46. The molecule has 1 atom stereocenters. The molecular weight excluding hydrogens is 337 g/mol. The van der Waals surface area contributed by atoms with Gasteiger partial charge in [-0.2, -0.15) is 0 Å². The number of hydrogen-bond acceptors (Lipinski definition) is 3. The van der Waals surface area contributed by atoms with Crippen molar-refractivity contribution in [1.29, 1.82) is 0 Å². The van der Waals surface area contributed by atoms with Gasteiger partial charge in [-0.05, 0) is 30.5 Å². The van der Waals surface area contributed by atoms with Crippen molar-refractivity contribution in [3.8, 4) is 0 Å². The minimum Gasteiger partial charge on any atom is -0.447 e. The van der Waals surface area contributed by atoms with Crippen LogP contribution < -0.4 is 5.32 Å². The second-order valence-electron chi connectivity index (χ2n) is 7.53. The summed E-state index contributed by atoms with van der Waals surface area (Å²) in [4.78, 5) is 27.7. The van der Waals surface area contributed by atoms with E-state index in [4.69, 9.17) is 4.74 Å². The minimum absolute atomic E-state index is 0.0503. The molecule has 2 aliphatic heterocycles. The number of amides is 3. The third kappa shape index (κ3) is 3.10. The van der Waals surface area contributed by atoms with Gasteiger partial charge in [-0.15, -0.1) is 0 Å². The molecule has 1 saturated carbocycles. The Bertz CT molecular complexity index is 705. The van der Waals surface area contributed by atoms with Crippen molar-refractivity contribution >= 4 is 12.1 Å².